The molecule has 0 aromatic rings. The Kier molecular flexibility index (Phi) is 31.9. The summed E-state index contributed by atoms with van der Waals surface area (Å²) in [5.41, 5.74) is 0. The first-order valence-electron chi connectivity index (χ1n) is 45.2. The average Bonchev–Trinajstić information content (AvgIpc) is 1.78. The molecule has 13 aliphatic rings. The summed E-state index contributed by atoms with van der Waals surface area (Å²) in [6.07, 6.45) is -1.43. The van der Waals surface area contributed by atoms with E-state index >= 15 is 0 Å². The lowest BCUT2D eigenvalue weighted by Crippen LogP contribution is -2.57. The number of β-amino-alcohol motifs (C(OH)–C–C–N with tert-alkyl or cyclic N) is 6. The number of carboxylic acids is 1. The summed E-state index contributed by atoms with van der Waals surface area (Å²) >= 11 is 1.35. The van der Waals surface area contributed by atoms with E-state index in [9.17, 15) is 132 Å². The predicted molar refractivity (Wildman–Crippen MR) is 447 cm³/mol. The van der Waals surface area contributed by atoms with Crippen LogP contribution in [-0.4, -0.2) is 470 Å². The van der Waals surface area contributed by atoms with Crippen molar-refractivity contribution in [1.82, 2.24) is 101 Å². The molecule has 0 radical (unpaired) electrons. The Bertz CT molecular complexity index is 4380. The fourth-order valence-corrected chi connectivity index (χ4v) is 21.4. The van der Waals surface area contributed by atoms with Crippen LogP contribution in [-0.2, 0) is 95.9 Å². The Morgan fingerprint density at radius 1 is 0.300 bits per heavy atom. The number of carbonyl (C=O) groups is 20. The Morgan fingerprint density at radius 3 is 0.808 bits per heavy atom. The number of rotatable bonds is 30. The van der Waals surface area contributed by atoms with E-state index in [1.54, 1.807) is 6.26 Å². The summed E-state index contributed by atoms with van der Waals surface area (Å²) < 4.78 is 0. The molecule has 20 atom stereocenters. The maximum Gasteiger partial charge on any atom is 0.326 e. The summed E-state index contributed by atoms with van der Waals surface area (Å²) in [5, 5.41) is 94.6. The molecule has 13 fully saturated rings. The molecular formula is C82H120N20O27S. The Labute approximate surface area is 752 Å². The van der Waals surface area contributed by atoms with Gasteiger partial charge in [-0.25, -0.2) is 4.79 Å². The lowest BCUT2D eigenvalue weighted by atomic mass is 10.1. The molecule has 13 heterocycles. The van der Waals surface area contributed by atoms with Gasteiger partial charge in [0.2, 0.25) is 112 Å². The van der Waals surface area contributed by atoms with Crippen molar-refractivity contribution in [3.63, 3.8) is 0 Å². The second-order valence-electron chi connectivity index (χ2n) is 36.0. The summed E-state index contributed by atoms with van der Waals surface area (Å²) in [7, 11) is 0. The fourth-order valence-electron chi connectivity index (χ4n) is 20.9. The van der Waals surface area contributed by atoms with Crippen LogP contribution < -0.4 is 42.5 Å². The van der Waals surface area contributed by atoms with Gasteiger partial charge in [0.15, 0.2) is 0 Å². The van der Waals surface area contributed by atoms with Gasteiger partial charge in [0.25, 0.3) is 0 Å². The van der Waals surface area contributed by atoms with Gasteiger partial charge in [0.1, 0.15) is 78.5 Å². The minimum Gasteiger partial charge on any atom is -0.480 e. The number of aliphatic hydroxyl groups is 6. The van der Waals surface area contributed by atoms with Crippen molar-refractivity contribution in [2.75, 3.05) is 136 Å². The number of aliphatic hydroxyl groups excluding tert-OH is 6. The number of nitrogens with zero attached hydrogens (tertiary/aromatic N) is 12. The normalized spacial score (nSPS) is 30.3. The van der Waals surface area contributed by atoms with Gasteiger partial charge in [-0.3, -0.25) is 91.1 Å². The van der Waals surface area contributed by atoms with Gasteiger partial charge in [-0.15, -0.1) is 0 Å². The molecule has 0 bridgehead atoms. The molecule has 47 nitrogen and oxygen atoms in total. The molecular weight excluding hydrogens is 1730 g/mol. The van der Waals surface area contributed by atoms with Crippen molar-refractivity contribution in [3.8, 4) is 0 Å². The number of aliphatic carboxylic acids is 1. The van der Waals surface area contributed by atoms with Crippen molar-refractivity contribution in [2.45, 2.75) is 256 Å². The van der Waals surface area contributed by atoms with Crippen molar-refractivity contribution in [2.24, 2.45) is 0 Å². The summed E-state index contributed by atoms with van der Waals surface area (Å²) in [6.45, 7) is -4.01. The zero-order valence-corrected chi connectivity index (χ0v) is 73.4. The first kappa shape index (κ1) is 97.0. The molecule has 0 aliphatic carbocycles. The molecule has 130 heavy (non-hydrogen) atoms. The number of likely N-dealkylation sites (tertiary alicyclic amines) is 12. The van der Waals surface area contributed by atoms with Crippen LogP contribution in [0.4, 0.5) is 0 Å². The van der Waals surface area contributed by atoms with Crippen LogP contribution in [0.1, 0.15) is 135 Å². The van der Waals surface area contributed by atoms with Crippen molar-refractivity contribution < 1.29 is 132 Å². The van der Waals surface area contributed by atoms with E-state index in [1.165, 1.54) is 46.1 Å². The predicted octanol–water partition coefficient (Wildman–Crippen LogP) is -11.5. The van der Waals surface area contributed by atoms with Crippen LogP contribution in [0.15, 0.2) is 0 Å². The number of hydrogen-bond acceptors (Lipinski definition) is 28. The standard InChI is InChI=1S/C82H120N20O27S/c1-130-24-16-49(69(115)84-31-64(110)92-19-4-11-52(92)77(123)99-39-45(105)27-59(99)72(118)87-34-67(113)95-22-7-14-55(95)80(126)101-41-47(107)29-61(101)74(120)89-36-68(114)96-23-8-15-56(96)81(127)102-42-48(108)30-62(102)82(128)129)90-75(121)51-10-3-18-91(51)63(109)32-85-71(117)58-26-44(104)38-98(58)78(124)54-13-6-21-94(54)66(112)35-88-73(119)60-28-46(106)40-100(60)79(125)53-12-5-20-93(53)65(111)33-86-70(116)57-25-43(103)37-97(57)76(122)50-9-2-17-83-50/h43-62,83,103-108H,2-42H2,1H3,(H,84,115)(H,85,117)(H,86,116)(H,87,118)(H,88,119)(H,89,120)(H,90,121)(H,128,129)/t43-,44-,45-,46-,47-,48-,49+,50+,51+,52+,53+,54+,55+,56+,57+,58+,59+,60+,61+,62+/m1/s1. The molecule has 0 aromatic carbocycles. The van der Waals surface area contributed by atoms with E-state index in [4.69, 9.17) is 0 Å². The van der Waals surface area contributed by atoms with Gasteiger partial charge in [-0.2, -0.15) is 11.8 Å². The maximum absolute atomic E-state index is 14.5. The van der Waals surface area contributed by atoms with Gasteiger partial charge in [0, 0.05) is 117 Å². The largest absolute Gasteiger partial charge is 0.480 e. The van der Waals surface area contributed by atoms with E-state index in [0.29, 0.717) is 57.2 Å². The number of amides is 19. The van der Waals surface area contributed by atoms with Crippen LogP contribution in [0.2, 0.25) is 0 Å². The van der Waals surface area contributed by atoms with Crippen molar-refractivity contribution in [3.05, 3.63) is 0 Å². The Morgan fingerprint density at radius 2 is 0.546 bits per heavy atom. The van der Waals surface area contributed by atoms with E-state index in [2.05, 4.69) is 42.5 Å². The number of hydrogen-bond donors (Lipinski definition) is 15. The van der Waals surface area contributed by atoms with Crippen molar-refractivity contribution in [1.29, 1.82) is 0 Å². The minimum absolute atomic E-state index is 0.0232. The van der Waals surface area contributed by atoms with E-state index < -0.39 is 273 Å². The Balaban J connectivity index is 0.536. The topological polar surface area (TPSA) is 618 Å². The SMILES string of the molecule is CSCC[C@H](NC(=O)[C@@H]1CCCN1C(=O)CNC(=O)[C@@H]1C[C@@H](O)CN1C(=O)[C@@H]1CCCN1C(=O)CNC(=O)[C@@H]1C[C@@H](O)CN1C(=O)[C@@H]1CCCN1C(=O)CNC(=O)[C@@H]1C[C@@H](O)CN1C(=O)[C@@H]1CCCN1)C(=O)NCC(=O)N1CCC[C@H]1C(=O)N1C[C@H](O)C[C@H]1C(=O)NCC(=O)N1CCC[C@H]1C(=O)N1C[C@H](O)C[C@H]1C(=O)NCC(=O)N1CCC[C@H]1C(=O)N1C[C@H](O)C[C@H]1C(=O)O. The maximum atomic E-state index is 14.5. The smallest absolute Gasteiger partial charge is 0.326 e. The molecule has 0 saturated carbocycles. The van der Waals surface area contributed by atoms with Gasteiger partial charge in [0.05, 0.1) is 81.9 Å². The van der Waals surface area contributed by atoms with Gasteiger partial charge >= 0.3 is 5.97 Å². The first-order chi connectivity index (χ1) is 62.1. The van der Waals surface area contributed by atoms with Gasteiger partial charge < -0.3 is 137 Å². The summed E-state index contributed by atoms with van der Waals surface area (Å²) in [5.74, 6) is -14.1. The zero-order valence-electron chi connectivity index (χ0n) is 72.6. The van der Waals surface area contributed by atoms with E-state index in [-0.39, 0.29) is 168 Å². The highest BCUT2D eigenvalue weighted by Crippen LogP contribution is 2.34. The monoisotopic (exact) mass is 1850 g/mol. The van der Waals surface area contributed by atoms with Crippen LogP contribution >= 0.6 is 11.8 Å². The summed E-state index contributed by atoms with van der Waals surface area (Å²) in [6, 6.07) is -15.8. The van der Waals surface area contributed by atoms with Crippen LogP contribution in [0, 0.1) is 0 Å². The molecule has 13 saturated heterocycles. The first-order valence-corrected chi connectivity index (χ1v) is 46.6. The molecule has 0 aromatic heterocycles. The molecule has 48 heteroatoms. The average molecular weight is 1850 g/mol. The number of nitrogens with one attached hydrogen (secondary N) is 8. The van der Waals surface area contributed by atoms with E-state index in [0.717, 1.165) is 30.9 Å². The molecule has 0 spiro atoms. The fraction of sp³-hybridized carbons (Fsp3) is 0.756. The Hall–Kier alpha value is -10.5. The third-order valence-electron chi connectivity index (χ3n) is 27.4. The highest BCUT2D eigenvalue weighted by Gasteiger charge is 2.53. The second kappa shape index (κ2) is 42.8. The second-order valence-corrected chi connectivity index (χ2v) is 37.0. The number of thioether (sulfide) groups is 1. The zero-order chi connectivity index (χ0) is 93.4. The highest BCUT2D eigenvalue weighted by atomic mass is 32.2. The van der Waals surface area contributed by atoms with E-state index in [1.807, 2.05) is 0 Å². The molecule has 13 rings (SSSR count). The highest BCUT2D eigenvalue weighted by molar-refractivity contribution is 7.98. The summed E-state index contributed by atoms with van der Waals surface area (Å²) in [4.78, 5) is 291. The molecule has 19 amide bonds. The van der Waals surface area contributed by atoms with Gasteiger partial charge in [-0.1, -0.05) is 0 Å². The van der Waals surface area contributed by atoms with Crippen LogP contribution in [0.25, 0.3) is 0 Å². The molecule has 0 unspecified atom stereocenters. The minimum atomic E-state index is -1.32. The van der Waals surface area contributed by atoms with Gasteiger partial charge in [-0.05, 0) is 115 Å². The molecule has 716 valence electrons. The lowest BCUT2D eigenvalue weighted by molar-refractivity contribution is -0.151. The molecule has 15 N–H and O–H groups in total. The van der Waals surface area contributed by atoms with Crippen LogP contribution in [0.3, 0.4) is 0 Å². The molecule has 13 aliphatic heterocycles. The van der Waals surface area contributed by atoms with Crippen molar-refractivity contribution >= 4 is 130 Å². The third-order valence-corrected chi connectivity index (χ3v) is 28.1. The quantitative estimate of drug-likeness (QED) is 0.0318. The van der Waals surface area contributed by atoms with Crippen LogP contribution in [0.5, 0.6) is 0 Å². The lowest BCUT2D eigenvalue weighted by Gasteiger charge is -2.32. The third kappa shape index (κ3) is 21.8. The number of carboxylic acid groups (broad SMARTS) is 1. The number of carbonyl (C=O) groups excluding carboxylic acids is 19.